The topological polar surface area (TPSA) is 26.3 Å². The second kappa shape index (κ2) is 5.56. The summed E-state index contributed by atoms with van der Waals surface area (Å²) >= 11 is 3.99. The van der Waals surface area contributed by atoms with E-state index in [4.69, 9.17) is 0 Å². The molecule has 0 fully saturated rings. The van der Waals surface area contributed by atoms with Crippen LogP contribution in [0.1, 0.15) is 15.9 Å². The first-order valence-corrected chi connectivity index (χ1v) is 4.97. The Labute approximate surface area is 93.2 Å². The van der Waals surface area contributed by atoms with Gasteiger partial charge in [0.05, 0.1) is 12.7 Å². The molecular formula is C11H11FO2S. The zero-order chi connectivity index (χ0) is 11.3. The number of ether oxygens (including phenoxy) is 1. The average molecular weight is 226 g/mol. The molecule has 0 atom stereocenters. The van der Waals surface area contributed by atoms with Crippen LogP contribution in [-0.2, 0) is 4.74 Å². The maximum atomic E-state index is 13.1. The Kier molecular flexibility index (Phi) is 4.37. The lowest BCUT2D eigenvalue weighted by atomic mass is 10.1. The van der Waals surface area contributed by atoms with Crippen molar-refractivity contribution in [2.24, 2.45) is 0 Å². The van der Waals surface area contributed by atoms with E-state index in [0.717, 1.165) is 6.07 Å². The molecule has 80 valence electrons. The Bertz CT molecular complexity index is 388. The molecule has 0 aliphatic carbocycles. The first-order chi connectivity index (χ1) is 7.17. The standard InChI is InChI=1S/C11H11FO2S/c1-14-11(13)9-5-8(3-2-4-15)6-10(12)7-9/h2-3,5-7,15H,4H2,1H3. The number of carbonyl (C=O) groups is 1. The number of thiol groups is 1. The van der Waals surface area contributed by atoms with Crippen LogP contribution >= 0.6 is 12.6 Å². The summed E-state index contributed by atoms with van der Waals surface area (Å²) in [6.45, 7) is 0. The van der Waals surface area contributed by atoms with E-state index in [0.29, 0.717) is 11.3 Å². The van der Waals surface area contributed by atoms with E-state index in [-0.39, 0.29) is 5.56 Å². The molecule has 0 aromatic heterocycles. The van der Waals surface area contributed by atoms with Crippen molar-refractivity contribution in [2.45, 2.75) is 0 Å². The number of hydrogen-bond donors (Lipinski definition) is 1. The highest BCUT2D eigenvalue weighted by Gasteiger charge is 2.07. The molecule has 0 radical (unpaired) electrons. The minimum Gasteiger partial charge on any atom is -0.465 e. The van der Waals surface area contributed by atoms with Gasteiger partial charge in [0.1, 0.15) is 5.82 Å². The van der Waals surface area contributed by atoms with E-state index in [1.165, 1.54) is 13.2 Å². The van der Waals surface area contributed by atoms with Crippen molar-refractivity contribution >= 4 is 24.7 Å². The number of hydrogen-bond acceptors (Lipinski definition) is 3. The lowest BCUT2D eigenvalue weighted by Gasteiger charge is -2.01. The third kappa shape index (κ3) is 3.40. The molecule has 0 unspecified atom stereocenters. The normalized spacial score (nSPS) is 10.6. The Morgan fingerprint density at radius 3 is 2.87 bits per heavy atom. The van der Waals surface area contributed by atoms with E-state index >= 15 is 0 Å². The van der Waals surface area contributed by atoms with Crippen molar-refractivity contribution in [3.8, 4) is 0 Å². The molecule has 0 saturated heterocycles. The Hall–Kier alpha value is -1.29. The van der Waals surface area contributed by atoms with Crippen molar-refractivity contribution in [2.75, 3.05) is 12.9 Å². The lowest BCUT2D eigenvalue weighted by Crippen LogP contribution is -2.02. The molecule has 15 heavy (non-hydrogen) atoms. The number of methoxy groups -OCH3 is 1. The number of halogens is 1. The summed E-state index contributed by atoms with van der Waals surface area (Å²) < 4.78 is 17.6. The van der Waals surface area contributed by atoms with Gasteiger partial charge in [-0.3, -0.25) is 0 Å². The molecule has 0 aliphatic heterocycles. The van der Waals surface area contributed by atoms with Gasteiger partial charge in [-0.05, 0) is 23.8 Å². The van der Waals surface area contributed by atoms with E-state index < -0.39 is 11.8 Å². The Balaban J connectivity index is 3.05. The molecule has 0 aliphatic rings. The van der Waals surface area contributed by atoms with Gasteiger partial charge in [-0.15, -0.1) is 0 Å². The van der Waals surface area contributed by atoms with Crippen molar-refractivity contribution in [1.82, 2.24) is 0 Å². The van der Waals surface area contributed by atoms with Crippen molar-refractivity contribution < 1.29 is 13.9 Å². The average Bonchev–Trinajstić information content (AvgIpc) is 2.24. The van der Waals surface area contributed by atoms with Gasteiger partial charge in [-0.25, -0.2) is 9.18 Å². The maximum absolute atomic E-state index is 13.1. The highest BCUT2D eigenvalue weighted by atomic mass is 32.1. The quantitative estimate of drug-likeness (QED) is 0.633. The fourth-order valence-electron chi connectivity index (χ4n) is 1.13. The molecule has 0 spiro atoms. The highest BCUT2D eigenvalue weighted by Crippen LogP contribution is 2.12. The third-order valence-electron chi connectivity index (χ3n) is 1.76. The molecule has 2 nitrogen and oxygen atoms in total. The van der Waals surface area contributed by atoms with E-state index in [2.05, 4.69) is 17.4 Å². The van der Waals surface area contributed by atoms with Crippen LogP contribution < -0.4 is 0 Å². The molecule has 0 saturated carbocycles. The Morgan fingerprint density at radius 2 is 2.27 bits per heavy atom. The summed E-state index contributed by atoms with van der Waals surface area (Å²) in [5.41, 5.74) is 0.820. The van der Waals surface area contributed by atoms with Crippen LogP contribution in [0.25, 0.3) is 6.08 Å². The van der Waals surface area contributed by atoms with Crippen LogP contribution in [0.2, 0.25) is 0 Å². The predicted octanol–water partition coefficient (Wildman–Crippen LogP) is 2.56. The fraction of sp³-hybridized carbons (Fsp3) is 0.182. The number of rotatable bonds is 3. The minimum absolute atomic E-state index is 0.205. The summed E-state index contributed by atoms with van der Waals surface area (Å²) in [6.07, 6.45) is 3.46. The van der Waals surface area contributed by atoms with Gasteiger partial charge in [-0.1, -0.05) is 12.2 Å². The zero-order valence-corrected chi connectivity index (χ0v) is 9.13. The summed E-state index contributed by atoms with van der Waals surface area (Å²) in [5, 5.41) is 0. The van der Waals surface area contributed by atoms with Crippen LogP contribution in [0, 0.1) is 5.82 Å². The molecule has 0 amide bonds. The molecule has 0 bridgehead atoms. The molecule has 1 rings (SSSR count). The van der Waals surface area contributed by atoms with E-state index in [1.807, 2.05) is 0 Å². The first kappa shape index (κ1) is 11.8. The molecule has 1 aromatic carbocycles. The summed E-state index contributed by atoms with van der Waals surface area (Å²) in [7, 11) is 1.26. The highest BCUT2D eigenvalue weighted by molar-refractivity contribution is 7.80. The van der Waals surface area contributed by atoms with Crippen LogP contribution in [0.4, 0.5) is 4.39 Å². The molecule has 0 N–H and O–H groups in total. The summed E-state index contributed by atoms with van der Waals surface area (Å²) in [6, 6.07) is 4.05. The molecule has 4 heteroatoms. The first-order valence-electron chi connectivity index (χ1n) is 4.33. The van der Waals surface area contributed by atoms with Gasteiger partial charge in [0, 0.05) is 5.75 Å². The smallest absolute Gasteiger partial charge is 0.337 e. The Morgan fingerprint density at radius 1 is 1.53 bits per heavy atom. The number of benzene rings is 1. The number of carbonyl (C=O) groups excluding carboxylic acids is 1. The third-order valence-corrected chi connectivity index (χ3v) is 1.97. The zero-order valence-electron chi connectivity index (χ0n) is 8.24. The van der Waals surface area contributed by atoms with E-state index in [1.54, 1.807) is 18.2 Å². The van der Waals surface area contributed by atoms with Crippen LogP contribution in [0.5, 0.6) is 0 Å². The van der Waals surface area contributed by atoms with Crippen LogP contribution in [0.15, 0.2) is 24.3 Å². The molecule has 1 aromatic rings. The van der Waals surface area contributed by atoms with Gasteiger partial charge < -0.3 is 4.74 Å². The van der Waals surface area contributed by atoms with Gasteiger partial charge in [-0.2, -0.15) is 12.6 Å². The fourth-order valence-corrected chi connectivity index (χ4v) is 1.24. The summed E-state index contributed by atoms with van der Waals surface area (Å²) in [5.74, 6) is -0.448. The van der Waals surface area contributed by atoms with Gasteiger partial charge in [0.25, 0.3) is 0 Å². The van der Waals surface area contributed by atoms with Crippen LogP contribution in [0.3, 0.4) is 0 Å². The van der Waals surface area contributed by atoms with Crippen molar-refractivity contribution in [1.29, 1.82) is 0 Å². The largest absolute Gasteiger partial charge is 0.465 e. The van der Waals surface area contributed by atoms with Gasteiger partial charge >= 0.3 is 5.97 Å². The van der Waals surface area contributed by atoms with Crippen LogP contribution in [-0.4, -0.2) is 18.8 Å². The van der Waals surface area contributed by atoms with Crippen molar-refractivity contribution in [3.63, 3.8) is 0 Å². The van der Waals surface area contributed by atoms with Gasteiger partial charge in [0.2, 0.25) is 0 Å². The van der Waals surface area contributed by atoms with Gasteiger partial charge in [0.15, 0.2) is 0 Å². The maximum Gasteiger partial charge on any atom is 0.337 e. The van der Waals surface area contributed by atoms with E-state index in [9.17, 15) is 9.18 Å². The number of esters is 1. The monoisotopic (exact) mass is 226 g/mol. The SMILES string of the molecule is COC(=O)c1cc(F)cc(C=CCS)c1. The molecular weight excluding hydrogens is 215 g/mol. The second-order valence-electron chi connectivity index (χ2n) is 2.85. The summed E-state index contributed by atoms with van der Waals surface area (Å²) in [4.78, 5) is 11.2. The molecule has 0 heterocycles. The minimum atomic E-state index is -0.546. The predicted molar refractivity (Wildman–Crippen MR) is 60.6 cm³/mol. The van der Waals surface area contributed by atoms with Crippen molar-refractivity contribution in [3.05, 3.63) is 41.2 Å². The second-order valence-corrected chi connectivity index (χ2v) is 3.21. The lowest BCUT2D eigenvalue weighted by molar-refractivity contribution is 0.0600.